The van der Waals surface area contributed by atoms with Gasteiger partial charge in [-0.15, -0.1) is 0 Å². The van der Waals surface area contributed by atoms with Gasteiger partial charge in [0.25, 0.3) is 0 Å². The van der Waals surface area contributed by atoms with Gasteiger partial charge in [-0.05, 0) is 37.3 Å². The Bertz CT molecular complexity index is 208. The van der Waals surface area contributed by atoms with E-state index in [1.54, 1.807) is 0 Å². The molecule has 82 valence electrons. The minimum absolute atomic E-state index is 0.0721. The first-order valence-corrected chi connectivity index (χ1v) is 5.34. The highest BCUT2D eigenvalue weighted by Gasteiger charge is 2.42. The maximum Gasteiger partial charge on any atom is 0.306 e. The molecule has 0 radical (unpaired) electrons. The summed E-state index contributed by atoms with van der Waals surface area (Å²) >= 11 is 0. The Balaban J connectivity index is 1.99. The van der Waals surface area contributed by atoms with Crippen LogP contribution in [0.3, 0.4) is 0 Å². The summed E-state index contributed by atoms with van der Waals surface area (Å²) in [5.74, 6) is -0.322. The van der Waals surface area contributed by atoms with Crippen LogP contribution in [0.25, 0.3) is 0 Å². The summed E-state index contributed by atoms with van der Waals surface area (Å²) in [5, 5.41) is 12.0. The molecule has 1 fully saturated rings. The van der Waals surface area contributed by atoms with Gasteiger partial charge in [-0.2, -0.15) is 0 Å². The zero-order valence-electron chi connectivity index (χ0n) is 9.34. The van der Waals surface area contributed by atoms with Crippen molar-refractivity contribution in [3.05, 3.63) is 0 Å². The number of carboxylic acid groups (broad SMARTS) is 1. The molecule has 0 spiro atoms. The SMILES string of the molecule is CC(C)(C)CCNCC1CC1C(=O)O. The molecule has 3 nitrogen and oxygen atoms in total. The molecular formula is C11H21NO2. The summed E-state index contributed by atoms with van der Waals surface area (Å²) in [6, 6.07) is 0. The van der Waals surface area contributed by atoms with Gasteiger partial charge >= 0.3 is 5.97 Å². The fourth-order valence-corrected chi connectivity index (χ4v) is 1.53. The van der Waals surface area contributed by atoms with Crippen molar-refractivity contribution in [2.45, 2.75) is 33.6 Å². The van der Waals surface area contributed by atoms with Crippen LogP contribution in [0.15, 0.2) is 0 Å². The molecule has 2 atom stereocenters. The lowest BCUT2D eigenvalue weighted by Crippen LogP contribution is -2.23. The lowest BCUT2D eigenvalue weighted by molar-refractivity contribution is -0.138. The minimum Gasteiger partial charge on any atom is -0.481 e. The molecule has 1 saturated carbocycles. The van der Waals surface area contributed by atoms with Crippen molar-refractivity contribution in [3.63, 3.8) is 0 Å². The second kappa shape index (κ2) is 4.30. The number of aliphatic carboxylic acids is 1. The average molecular weight is 199 g/mol. The Morgan fingerprint density at radius 3 is 2.57 bits per heavy atom. The first-order chi connectivity index (χ1) is 6.40. The second-order valence-corrected chi connectivity index (χ2v) is 5.46. The molecule has 0 aromatic carbocycles. The van der Waals surface area contributed by atoms with E-state index in [4.69, 9.17) is 5.11 Å². The van der Waals surface area contributed by atoms with Crippen LogP contribution < -0.4 is 5.32 Å². The third-order valence-corrected chi connectivity index (χ3v) is 2.70. The molecular weight excluding hydrogens is 178 g/mol. The smallest absolute Gasteiger partial charge is 0.306 e. The van der Waals surface area contributed by atoms with E-state index in [0.717, 1.165) is 25.9 Å². The molecule has 0 bridgehead atoms. The maximum atomic E-state index is 10.5. The van der Waals surface area contributed by atoms with E-state index in [2.05, 4.69) is 26.1 Å². The minimum atomic E-state index is -0.632. The second-order valence-electron chi connectivity index (χ2n) is 5.46. The highest BCUT2D eigenvalue weighted by Crippen LogP contribution is 2.37. The van der Waals surface area contributed by atoms with Crippen molar-refractivity contribution < 1.29 is 9.90 Å². The summed E-state index contributed by atoms with van der Waals surface area (Å²) < 4.78 is 0. The van der Waals surface area contributed by atoms with Crippen LogP contribution in [-0.4, -0.2) is 24.2 Å². The number of hydrogen-bond donors (Lipinski definition) is 2. The zero-order valence-corrected chi connectivity index (χ0v) is 9.34. The van der Waals surface area contributed by atoms with Gasteiger partial charge in [0.15, 0.2) is 0 Å². The van der Waals surface area contributed by atoms with Crippen molar-refractivity contribution in [2.24, 2.45) is 17.3 Å². The topological polar surface area (TPSA) is 49.3 Å². The van der Waals surface area contributed by atoms with Crippen molar-refractivity contribution in [1.29, 1.82) is 0 Å². The monoisotopic (exact) mass is 199 g/mol. The van der Waals surface area contributed by atoms with Gasteiger partial charge < -0.3 is 10.4 Å². The van der Waals surface area contributed by atoms with Gasteiger partial charge in [0.1, 0.15) is 0 Å². The molecule has 14 heavy (non-hydrogen) atoms. The molecule has 3 heteroatoms. The van der Waals surface area contributed by atoms with Crippen LogP contribution in [0.5, 0.6) is 0 Å². The van der Waals surface area contributed by atoms with E-state index < -0.39 is 5.97 Å². The Morgan fingerprint density at radius 2 is 2.14 bits per heavy atom. The van der Waals surface area contributed by atoms with Gasteiger partial charge in [0.2, 0.25) is 0 Å². The predicted molar refractivity (Wildman–Crippen MR) is 56.2 cm³/mol. The maximum absolute atomic E-state index is 10.5. The van der Waals surface area contributed by atoms with E-state index in [9.17, 15) is 4.79 Å². The quantitative estimate of drug-likeness (QED) is 0.663. The van der Waals surface area contributed by atoms with E-state index in [-0.39, 0.29) is 5.92 Å². The molecule has 1 aliphatic rings. The normalized spacial score (nSPS) is 26.2. The average Bonchev–Trinajstić information content (AvgIpc) is 2.75. The first-order valence-electron chi connectivity index (χ1n) is 5.34. The number of rotatable bonds is 5. The number of carboxylic acids is 1. The summed E-state index contributed by atoms with van der Waals surface area (Å²) in [6.07, 6.45) is 2.00. The van der Waals surface area contributed by atoms with Crippen LogP contribution in [0.1, 0.15) is 33.6 Å². The molecule has 1 aliphatic carbocycles. The number of hydrogen-bond acceptors (Lipinski definition) is 2. The lowest BCUT2D eigenvalue weighted by Gasteiger charge is -2.17. The van der Waals surface area contributed by atoms with Crippen LogP contribution in [0.4, 0.5) is 0 Å². The van der Waals surface area contributed by atoms with E-state index in [1.165, 1.54) is 0 Å². The first kappa shape index (κ1) is 11.5. The summed E-state index contributed by atoms with van der Waals surface area (Å²) in [7, 11) is 0. The molecule has 0 heterocycles. The van der Waals surface area contributed by atoms with E-state index >= 15 is 0 Å². The Morgan fingerprint density at radius 1 is 1.50 bits per heavy atom. The third-order valence-electron chi connectivity index (χ3n) is 2.70. The van der Waals surface area contributed by atoms with Gasteiger partial charge in [0.05, 0.1) is 5.92 Å². The van der Waals surface area contributed by atoms with Crippen molar-refractivity contribution >= 4 is 5.97 Å². The van der Waals surface area contributed by atoms with Crippen molar-refractivity contribution in [2.75, 3.05) is 13.1 Å². The van der Waals surface area contributed by atoms with Gasteiger partial charge in [-0.25, -0.2) is 0 Å². The molecule has 2 N–H and O–H groups in total. The number of nitrogens with one attached hydrogen (secondary N) is 1. The molecule has 1 rings (SSSR count). The van der Waals surface area contributed by atoms with E-state index in [0.29, 0.717) is 11.3 Å². The van der Waals surface area contributed by atoms with Gasteiger partial charge in [0, 0.05) is 0 Å². The highest BCUT2D eigenvalue weighted by molar-refractivity contribution is 5.73. The highest BCUT2D eigenvalue weighted by atomic mass is 16.4. The van der Waals surface area contributed by atoms with Crippen LogP contribution in [-0.2, 0) is 4.79 Å². The fraction of sp³-hybridized carbons (Fsp3) is 0.909. The van der Waals surface area contributed by atoms with E-state index in [1.807, 2.05) is 0 Å². The lowest BCUT2D eigenvalue weighted by atomic mass is 9.92. The standard InChI is InChI=1S/C11H21NO2/c1-11(2,3)4-5-12-7-8-6-9(8)10(13)14/h8-9,12H,4-7H2,1-3H3,(H,13,14). The van der Waals surface area contributed by atoms with Gasteiger partial charge in [-0.1, -0.05) is 20.8 Å². The molecule has 0 aromatic heterocycles. The number of carbonyl (C=O) groups is 1. The Hall–Kier alpha value is -0.570. The van der Waals surface area contributed by atoms with Crippen LogP contribution >= 0.6 is 0 Å². The molecule has 0 saturated heterocycles. The summed E-state index contributed by atoms with van der Waals surface area (Å²) in [5.41, 5.74) is 0.364. The van der Waals surface area contributed by atoms with Crippen molar-refractivity contribution in [3.8, 4) is 0 Å². The van der Waals surface area contributed by atoms with Crippen LogP contribution in [0, 0.1) is 17.3 Å². The largest absolute Gasteiger partial charge is 0.481 e. The predicted octanol–water partition coefficient (Wildman–Crippen LogP) is 1.73. The summed E-state index contributed by atoms with van der Waals surface area (Å²) in [4.78, 5) is 10.5. The molecule has 2 unspecified atom stereocenters. The Labute approximate surface area is 85.9 Å². The third kappa shape index (κ3) is 4.09. The molecule has 0 aromatic rings. The zero-order chi connectivity index (χ0) is 10.8. The van der Waals surface area contributed by atoms with Crippen LogP contribution in [0.2, 0.25) is 0 Å². The molecule has 0 amide bonds. The fourth-order valence-electron chi connectivity index (χ4n) is 1.53. The Kier molecular flexibility index (Phi) is 3.53. The van der Waals surface area contributed by atoms with Gasteiger partial charge in [-0.3, -0.25) is 4.79 Å². The van der Waals surface area contributed by atoms with Crippen molar-refractivity contribution in [1.82, 2.24) is 5.32 Å². The molecule has 0 aliphatic heterocycles. The summed E-state index contributed by atoms with van der Waals surface area (Å²) in [6.45, 7) is 8.50.